The Balaban J connectivity index is 4.29. The molecule has 0 saturated heterocycles. The first-order valence-corrected chi connectivity index (χ1v) is 23.9. The van der Waals surface area contributed by atoms with Gasteiger partial charge in [0, 0.05) is 13.0 Å². The molecule has 9 nitrogen and oxygen atoms in total. The fourth-order valence-electron chi connectivity index (χ4n) is 5.29. The lowest BCUT2D eigenvalue weighted by Gasteiger charge is -2.20. The quantitative estimate of drug-likeness (QED) is 0.0238. The zero-order valence-corrected chi connectivity index (χ0v) is 37.6. The van der Waals surface area contributed by atoms with Crippen LogP contribution in [0.1, 0.15) is 149 Å². The zero-order valence-electron chi connectivity index (χ0n) is 36.7. The number of phosphoric ester groups is 1. The second-order valence-electron chi connectivity index (χ2n) is 14.3. The van der Waals surface area contributed by atoms with E-state index in [1.165, 1.54) is 12.8 Å². The first kappa shape index (κ1) is 56.1. The summed E-state index contributed by atoms with van der Waals surface area (Å²) in [7, 11) is -4.54. The Morgan fingerprint density at radius 2 is 0.966 bits per heavy atom. The molecule has 0 bridgehead atoms. The Bertz CT molecular complexity index is 1280. The maximum absolute atomic E-state index is 12.6. The minimum Gasteiger partial charge on any atom is -0.457 e. The molecule has 0 aliphatic carbocycles. The molecule has 59 heavy (non-hydrogen) atoms. The Morgan fingerprint density at radius 3 is 1.46 bits per heavy atom. The number of rotatable bonds is 41. The van der Waals surface area contributed by atoms with Gasteiger partial charge in [0.15, 0.2) is 0 Å². The van der Waals surface area contributed by atoms with Crippen molar-refractivity contribution in [1.29, 1.82) is 0 Å². The molecule has 0 rings (SSSR count). The summed E-state index contributed by atoms with van der Waals surface area (Å²) in [5, 5.41) is 18.4. The molecular weight excluding hydrogens is 764 g/mol. The van der Waals surface area contributed by atoms with Gasteiger partial charge in [-0.05, 0) is 96.3 Å². The number of phosphoric acid groups is 1. The molecular formula is C49H81O9P. The average molecular weight is 845 g/mol. The smallest absolute Gasteiger partial charge is 0.457 e. The topological polar surface area (TPSA) is 132 Å². The Morgan fingerprint density at radius 1 is 0.542 bits per heavy atom. The molecule has 0 aromatic heterocycles. The summed E-state index contributed by atoms with van der Waals surface area (Å²) in [6.07, 6.45) is 57.7. The van der Waals surface area contributed by atoms with Crippen molar-refractivity contribution < 1.29 is 43.0 Å². The van der Waals surface area contributed by atoms with Crippen molar-refractivity contribution >= 4 is 13.8 Å². The van der Waals surface area contributed by atoms with Crippen LogP contribution in [0, 0.1) is 0 Å². The van der Waals surface area contributed by atoms with Crippen molar-refractivity contribution in [2.75, 3.05) is 33.0 Å². The summed E-state index contributed by atoms with van der Waals surface area (Å²) in [5.74, 6) is -0.418. The van der Waals surface area contributed by atoms with Crippen LogP contribution in [0.5, 0.6) is 0 Å². The molecule has 0 aromatic rings. The van der Waals surface area contributed by atoms with Crippen LogP contribution in [0.25, 0.3) is 0 Å². The third-order valence-electron chi connectivity index (χ3n) is 8.69. The van der Waals surface area contributed by atoms with E-state index in [9.17, 15) is 19.4 Å². The van der Waals surface area contributed by atoms with Crippen LogP contribution in [0.3, 0.4) is 0 Å². The summed E-state index contributed by atoms with van der Waals surface area (Å²) >= 11 is 0. The standard InChI is InChI=1S/C49H81O9P/c1-3-5-7-9-11-13-15-17-19-20-21-22-23-24-25-26-27-28-30-32-34-36-38-40-42-55-45-48(46-57-59(53,54)56-44-47(51)43-50)58-49(52)41-39-37-35-33-31-29-18-16-14-12-10-8-6-4-2/h5,7,10-13,16-19,21-22,24-25,27-28,32,34,47-48,50-51H,3-4,6,8-9,14-15,20,23,26,29-31,33,35-46H2,1-2H3,(H,53,54)/b7-5-,12-10-,13-11-,18-16-,19-17-,22-21-,25-24-,28-27-,34-32-. The van der Waals surface area contributed by atoms with Gasteiger partial charge in [-0.15, -0.1) is 0 Å². The number of ether oxygens (including phenoxy) is 2. The van der Waals surface area contributed by atoms with E-state index in [0.717, 1.165) is 109 Å². The van der Waals surface area contributed by atoms with Gasteiger partial charge in [0.2, 0.25) is 0 Å². The van der Waals surface area contributed by atoms with Crippen LogP contribution in [0.15, 0.2) is 109 Å². The van der Waals surface area contributed by atoms with Gasteiger partial charge in [-0.2, -0.15) is 0 Å². The molecule has 3 N–H and O–H groups in total. The van der Waals surface area contributed by atoms with Gasteiger partial charge in [0.25, 0.3) is 0 Å². The molecule has 0 spiro atoms. The van der Waals surface area contributed by atoms with Crippen molar-refractivity contribution in [3.8, 4) is 0 Å². The highest BCUT2D eigenvalue weighted by molar-refractivity contribution is 7.47. The van der Waals surface area contributed by atoms with E-state index in [1.807, 2.05) is 0 Å². The number of unbranched alkanes of at least 4 members (excludes halogenated alkanes) is 9. The van der Waals surface area contributed by atoms with Crippen LogP contribution >= 0.6 is 7.82 Å². The second-order valence-corrected chi connectivity index (χ2v) is 15.8. The van der Waals surface area contributed by atoms with E-state index in [2.05, 4.69) is 123 Å². The summed E-state index contributed by atoms with van der Waals surface area (Å²) < 4.78 is 33.3. The first-order valence-electron chi connectivity index (χ1n) is 22.4. The van der Waals surface area contributed by atoms with Crippen LogP contribution in [0.2, 0.25) is 0 Å². The highest BCUT2D eigenvalue weighted by atomic mass is 31.2. The van der Waals surface area contributed by atoms with E-state index in [4.69, 9.17) is 23.6 Å². The van der Waals surface area contributed by atoms with Gasteiger partial charge in [0.05, 0.1) is 26.4 Å². The Labute approximate surface area is 359 Å². The molecule has 336 valence electrons. The SMILES string of the molecule is CC/C=C\C/C=C\C/C=C\C/C=C\C/C=C\C/C=C\C/C=C\CCCCOCC(COP(=O)(O)OCC(O)CO)OC(=O)CCCCCCC/C=C\C/C=C\CCCC. The highest BCUT2D eigenvalue weighted by Crippen LogP contribution is 2.43. The second kappa shape index (κ2) is 44.7. The van der Waals surface area contributed by atoms with Crippen molar-refractivity contribution in [3.05, 3.63) is 109 Å². The normalized spacial score (nSPS) is 15.0. The number of aliphatic hydroxyl groups excluding tert-OH is 2. The minimum atomic E-state index is -4.54. The van der Waals surface area contributed by atoms with Gasteiger partial charge < -0.3 is 24.6 Å². The maximum atomic E-state index is 12.6. The molecule has 0 heterocycles. The fourth-order valence-corrected chi connectivity index (χ4v) is 6.08. The van der Waals surface area contributed by atoms with Gasteiger partial charge in [0.1, 0.15) is 12.2 Å². The molecule has 0 aliphatic rings. The number of esters is 1. The van der Waals surface area contributed by atoms with Crippen molar-refractivity contribution in [2.45, 2.75) is 161 Å². The maximum Gasteiger partial charge on any atom is 0.472 e. The number of hydrogen-bond donors (Lipinski definition) is 3. The fraction of sp³-hybridized carbons (Fsp3) is 0.612. The van der Waals surface area contributed by atoms with E-state index in [1.54, 1.807) is 0 Å². The molecule has 10 heteroatoms. The van der Waals surface area contributed by atoms with Crippen LogP contribution in [-0.4, -0.2) is 66.3 Å². The lowest BCUT2D eigenvalue weighted by Crippen LogP contribution is -2.29. The lowest BCUT2D eigenvalue weighted by atomic mass is 10.1. The van der Waals surface area contributed by atoms with Gasteiger partial charge >= 0.3 is 13.8 Å². The van der Waals surface area contributed by atoms with E-state index in [-0.39, 0.29) is 13.0 Å². The van der Waals surface area contributed by atoms with Crippen LogP contribution in [0.4, 0.5) is 0 Å². The zero-order chi connectivity index (χ0) is 43.2. The number of carbonyl (C=O) groups is 1. The molecule has 0 saturated carbocycles. The minimum absolute atomic E-state index is 0.00553. The van der Waals surface area contributed by atoms with Crippen LogP contribution < -0.4 is 0 Å². The summed E-state index contributed by atoms with van der Waals surface area (Å²) in [6, 6.07) is 0. The number of carbonyl (C=O) groups excluding carboxylic acids is 1. The predicted molar refractivity (Wildman–Crippen MR) is 246 cm³/mol. The number of aliphatic hydroxyl groups is 2. The summed E-state index contributed by atoms with van der Waals surface area (Å²) in [6.45, 7) is 3.19. The predicted octanol–water partition coefficient (Wildman–Crippen LogP) is 12.6. The van der Waals surface area contributed by atoms with Crippen molar-refractivity contribution in [2.24, 2.45) is 0 Å². The summed E-state index contributed by atoms with van der Waals surface area (Å²) in [4.78, 5) is 22.6. The summed E-state index contributed by atoms with van der Waals surface area (Å²) in [5.41, 5.74) is 0. The van der Waals surface area contributed by atoms with E-state index >= 15 is 0 Å². The monoisotopic (exact) mass is 845 g/mol. The van der Waals surface area contributed by atoms with Crippen molar-refractivity contribution in [1.82, 2.24) is 0 Å². The molecule has 3 unspecified atom stereocenters. The average Bonchev–Trinajstić information content (AvgIpc) is 3.23. The molecule has 0 amide bonds. The number of allylic oxidation sites excluding steroid dienone is 18. The molecule has 0 aromatic carbocycles. The molecule has 0 radical (unpaired) electrons. The largest absolute Gasteiger partial charge is 0.472 e. The first-order chi connectivity index (χ1) is 28.8. The third kappa shape index (κ3) is 44.5. The van der Waals surface area contributed by atoms with E-state index < -0.39 is 45.8 Å². The Kier molecular flexibility index (Phi) is 42.5. The highest BCUT2D eigenvalue weighted by Gasteiger charge is 2.26. The number of hydrogen-bond acceptors (Lipinski definition) is 8. The van der Waals surface area contributed by atoms with Gasteiger partial charge in [-0.25, -0.2) is 4.57 Å². The molecule has 0 aliphatic heterocycles. The molecule has 3 atom stereocenters. The third-order valence-corrected chi connectivity index (χ3v) is 9.64. The van der Waals surface area contributed by atoms with E-state index in [0.29, 0.717) is 13.0 Å². The molecule has 0 fully saturated rings. The lowest BCUT2D eigenvalue weighted by molar-refractivity contribution is -0.154. The van der Waals surface area contributed by atoms with Crippen LogP contribution in [-0.2, 0) is 27.9 Å². The van der Waals surface area contributed by atoms with Gasteiger partial charge in [-0.3, -0.25) is 13.8 Å². The van der Waals surface area contributed by atoms with Crippen molar-refractivity contribution in [3.63, 3.8) is 0 Å². The van der Waals surface area contributed by atoms with Gasteiger partial charge in [-0.1, -0.05) is 155 Å². The Hall–Kier alpha value is -2.88.